The molecule has 0 amide bonds. The zero-order valence-electron chi connectivity index (χ0n) is 19.2. The molecule has 0 fully saturated rings. The maximum atomic E-state index is 15.6. The summed E-state index contributed by atoms with van der Waals surface area (Å²) in [4.78, 5) is 4.16. The second-order valence-corrected chi connectivity index (χ2v) is 7.94. The maximum absolute atomic E-state index is 15.6. The molecule has 0 saturated heterocycles. The first-order valence-corrected chi connectivity index (χ1v) is 14.5. The number of amidine groups is 1. The van der Waals surface area contributed by atoms with Gasteiger partial charge >= 0.3 is 0 Å². The Morgan fingerprint density at radius 2 is 1.91 bits per heavy atom. The van der Waals surface area contributed by atoms with E-state index in [-0.39, 0.29) is 11.9 Å². The molecule has 5 nitrogen and oxygen atoms in total. The lowest BCUT2D eigenvalue weighted by Gasteiger charge is -2.12. The minimum atomic E-state index is -0.785. The van der Waals surface area contributed by atoms with Gasteiger partial charge in [0, 0.05) is 18.0 Å². The summed E-state index contributed by atoms with van der Waals surface area (Å²) >= 11 is 2.13. The van der Waals surface area contributed by atoms with Crippen molar-refractivity contribution in [3.05, 3.63) is 59.9 Å². The number of hydrogen-bond donors (Lipinski definition) is 2. The fourth-order valence-corrected chi connectivity index (χ4v) is 4.58. The zero-order valence-corrected chi connectivity index (χ0v) is 22.4. The third-order valence-electron chi connectivity index (χ3n) is 4.39. The minimum Gasteiger partial charge on any atom is -0.505 e. The van der Waals surface area contributed by atoms with Gasteiger partial charge in [0.15, 0.2) is 23.2 Å². The van der Waals surface area contributed by atoms with Crippen molar-refractivity contribution in [1.29, 1.82) is 0 Å². The second kappa shape index (κ2) is 13.5. The van der Waals surface area contributed by atoms with E-state index in [4.69, 9.17) is 0 Å². The third kappa shape index (κ3) is 5.64. The number of aromatic nitrogens is 2. The molecule has 32 heavy (non-hydrogen) atoms. The average molecular weight is 574 g/mol. The summed E-state index contributed by atoms with van der Waals surface area (Å²) in [6, 6.07) is 5.87. The Hall–Kier alpha value is -2.06. The summed E-state index contributed by atoms with van der Waals surface area (Å²) < 4.78 is 31.2. The van der Waals surface area contributed by atoms with E-state index in [9.17, 15) is 9.50 Å². The van der Waals surface area contributed by atoms with Gasteiger partial charge < -0.3 is 10.4 Å². The number of aromatic hydroxyl groups is 1. The molecule has 0 spiro atoms. The molecule has 0 radical (unpaired) electrons. The normalized spacial score (nSPS) is 11.1. The number of hydrogen-bond acceptors (Lipinski definition) is 3. The number of nitrogens with one attached hydrogen (secondary N) is 1. The van der Waals surface area contributed by atoms with Gasteiger partial charge in [0.05, 0.1) is 6.37 Å². The van der Waals surface area contributed by atoms with Gasteiger partial charge in [0.1, 0.15) is 11.2 Å². The summed E-state index contributed by atoms with van der Waals surface area (Å²) in [7, 11) is 1.61. The predicted octanol–water partition coefficient (Wildman–Crippen LogP) is 7.20. The molecular weight excluding hydrogens is 544 g/mol. The summed E-state index contributed by atoms with van der Waals surface area (Å²) in [5.41, 5.74) is 2.17. The second-order valence-electron chi connectivity index (χ2n) is 5.90. The highest BCUT2D eigenvalue weighted by molar-refractivity contribution is 14.2. The fourth-order valence-electron chi connectivity index (χ4n) is 3.09. The summed E-state index contributed by atoms with van der Waals surface area (Å²) in [5.74, 6) is -1.24. The Morgan fingerprint density at radius 3 is 2.44 bits per heavy atom. The molecule has 3 rings (SSSR count). The van der Waals surface area contributed by atoms with Crippen LogP contribution in [0.25, 0.3) is 22.0 Å². The Kier molecular flexibility index (Phi) is 11.8. The van der Waals surface area contributed by atoms with E-state index in [1.807, 2.05) is 34.6 Å². The number of aliphatic imine (C=N–C) groups is 1. The molecule has 174 valence electrons. The molecule has 1 heterocycles. The van der Waals surface area contributed by atoms with Crippen molar-refractivity contribution in [2.45, 2.75) is 41.0 Å². The van der Waals surface area contributed by atoms with Crippen molar-refractivity contribution in [3.8, 4) is 16.9 Å². The van der Waals surface area contributed by atoms with Gasteiger partial charge in [0.25, 0.3) is 0 Å². The van der Waals surface area contributed by atoms with Gasteiger partial charge in [-0.3, -0.25) is 4.99 Å². The Balaban J connectivity index is 0.00000121. The van der Waals surface area contributed by atoms with E-state index < -0.39 is 17.4 Å². The first kappa shape index (κ1) is 28.0. The minimum absolute atomic E-state index is 0.157. The van der Waals surface area contributed by atoms with E-state index in [2.05, 4.69) is 44.0 Å². The van der Waals surface area contributed by atoms with E-state index in [1.54, 1.807) is 23.6 Å². The molecule has 3 aromatic rings. The molecule has 0 bridgehead atoms. The van der Waals surface area contributed by atoms with Crippen LogP contribution in [0.2, 0.25) is 0 Å². The number of aryl methyl sites for hydroxylation is 1. The number of fused-ring (bicyclic) bond motifs is 1. The number of phenols is 1. The number of phenolic OH excluding ortho intramolecular Hbond substituents is 1. The Morgan fingerprint density at radius 1 is 1.25 bits per heavy atom. The summed E-state index contributed by atoms with van der Waals surface area (Å²) in [5, 5.41) is 17.7. The van der Waals surface area contributed by atoms with Crippen LogP contribution in [-0.4, -0.2) is 27.5 Å². The highest BCUT2D eigenvalue weighted by Gasteiger charge is 2.22. The van der Waals surface area contributed by atoms with Crippen molar-refractivity contribution in [2.24, 2.45) is 4.99 Å². The Bertz CT molecular complexity index is 1100. The average Bonchev–Trinajstić information content (AvgIpc) is 3.21. The van der Waals surface area contributed by atoms with Crippen LogP contribution in [0.5, 0.6) is 5.75 Å². The Labute approximate surface area is 203 Å². The van der Waals surface area contributed by atoms with Crippen LogP contribution in [-0.2, 0) is 6.42 Å². The topological polar surface area (TPSA) is 62.4 Å². The smallest absolute Gasteiger partial charge is 0.165 e. The highest BCUT2D eigenvalue weighted by Crippen LogP contribution is 2.38. The molecule has 0 aliphatic rings. The standard InChI is InChI=1S/C19H18F2IN4OP.2C2H6/c1-4-10-8-15(27)14(20)9-13(10)11-6-7-12-17(19(23-3)24-5-2)25-26(28-22)18(12)16(11)21;2*1-2/h5-9,27-28H,2,4H2,1,3H3,(H,23,24);2*1-2H3. The van der Waals surface area contributed by atoms with Gasteiger partial charge in [-0.2, -0.15) is 5.10 Å². The molecule has 1 unspecified atom stereocenters. The molecular formula is C23H30F2IN4OP. The fraction of sp³-hybridized carbons (Fsp3) is 0.304. The highest BCUT2D eigenvalue weighted by atomic mass is 127. The first-order chi connectivity index (χ1) is 15.5. The van der Waals surface area contributed by atoms with Crippen molar-refractivity contribution >= 4 is 45.2 Å². The summed E-state index contributed by atoms with van der Waals surface area (Å²) in [6.45, 7) is 13.5. The van der Waals surface area contributed by atoms with Crippen LogP contribution in [0.3, 0.4) is 0 Å². The molecule has 1 aromatic heterocycles. The van der Waals surface area contributed by atoms with Crippen LogP contribution >= 0.6 is 28.4 Å². The molecule has 0 saturated carbocycles. The van der Waals surface area contributed by atoms with Gasteiger partial charge in [-0.25, -0.2) is 13.2 Å². The van der Waals surface area contributed by atoms with E-state index in [0.717, 1.165) is 0 Å². The lowest BCUT2D eigenvalue weighted by Crippen LogP contribution is -2.19. The van der Waals surface area contributed by atoms with Crippen LogP contribution in [0.4, 0.5) is 8.78 Å². The predicted molar refractivity (Wildman–Crippen MR) is 142 cm³/mol. The van der Waals surface area contributed by atoms with Crippen molar-refractivity contribution in [2.75, 3.05) is 7.05 Å². The van der Waals surface area contributed by atoms with Gasteiger partial charge in [-0.15, -0.1) is 0 Å². The monoisotopic (exact) mass is 574 g/mol. The van der Waals surface area contributed by atoms with Crippen LogP contribution in [0.15, 0.2) is 42.0 Å². The molecule has 2 aromatic carbocycles. The zero-order chi connectivity index (χ0) is 24.4. The van der Waals surface area contributed by atoms with Crippen LogP contribution in [0.1, 0.15) is 45.9 Å². The van der Waals surface area contributed by atoms with Crippen molar-refractivity contribution in [1.82, 2.24) is 14.9 Å². The molecule has 1 atom stereocenters. The van der Waals surface area contributed by atoms with Crippen molar-refractivity contribution in [3.63, 3.8) is 0 Å². The lowest BCUT2D eigenvalue weighted by atomic mass is 9.96. The van der Waals surface area contributed by atoms with Gasteiger partial charge in [-0.1, -0.05) is 47.3 Å². The number of rotatable bonds is 5. The lowest BCUT2D eigenvalue weighted by molar-refractivity contribution is 0.432. The molecule has 9 heteroatoms. The molecule has 0 aliphatic heterocycles. The first-order valence-electron chi connectivity index (χ1n) is 10.4. The molecule has 0 aliphatic carbocycles. The van der Waals surface area contributed by atoms with E-state index in [1.165, 1.54) is 18.3 Å². The van der Waals surface area contributed by atoms with Gasteiger partial charge in [0.2, 0.25) is 0 Å². The van der Waals surface area contributed by atoms with Gasteiger partial charge in [-0.05, 0) is 64.0 Å². The number of benzene rings is 2. The number of nitrogens with zero attached hydrogens (tertiary/aromatic N) is 3. The summed E-state index contributed by atoms with van der Waals surface area (Å²) in [6.07, 6.45) is 2.16. The maximum Gasteiger partial charge on any atom is 0.165 e. The number of halogens is 3. The van der Waals surface area contributed by atoms with Crippen molar-refractivity contribution < 1.29 is 13.9 Å². The largest absolute Gasteiger partial charge is 0.505 e. The third-order valence-corrected chi connectivity index (χ3v) is 6.25. The van der Waals surface area contributed by atoms with Crippen LogP contribution in [0, 0.1) is 11.6 Å². The quantitative estimate of drug-likeness (QED) is 0.147. The van der Waals surface area contributed by atoms with Crippen LogP contribution < -0.4 is 5.32 Å². The van der Waals surface area contributed by atoms with E-state index in [0.29, 0.717) is 40.0 Å². The SMILES string of the molecule is C=CNC(=NC)c1nn(PI)c2c(F)c(-c3cc(F)c(O)cc3CC)ccc12.CC.CC. The molecule has 2 N–H and O–H groups in total. The van der Waals surface area contributed by atoms with E-state index >= 15 is 4.39 Å².